The van der Waals surface area contributed by atoms with Crippen molar-refractivity contribution >= 4 is 10.9 Å². The summed E-state index contributed by atoms with van der Waals surface area (Å²) in [6, 6.07) is 21.0. The molecule has 2 heterocycles. The number of aromatic nitrogens is 1. The molecule has 1 aliphatic rings. The maximum absolute atomic E-state index is 10.1. The van der Waals surface area contributed by atoms with Crippen LogP contribution < -0.4 is 10.1 Å². The van der Waals surface area contributed by atoms with Gasteiger partial charge in [-0.05, 0) is 78.9 Å². The number of nitrogens with one attached hydrogen (secondary N) is 1. The number of rotatable bonds is 6. The summed E-state index contributed by atoms with van der Waals surface area (Å²) < 4.78 is 6.45. The molecule has 33 heavy (non-hydrogen) atoms. The van der Waals surface area contributed by atoms with Crippen molar-refractivity contribution in [1.29, 1.82) is 0 Å². The monoisotopic (exact) mass is 440 g/mol. The number of phenols is 2. The van der Waals surface area contributed by atoms with Gasteiger partial charge in [0.1, 0.15) is 17.2 Å². The first kappa shape index (κ1) is 21.3. The number of piperidine rings is 1. The van der Waals surface area contributed by atoms with Crippen LogP contribution in [-0.2, 0) is 0 Å². The maximum atomic E-state index is 10.1. The van der Waals surface area contributed by atoms with Crippen molar-refractivity contribution in [3.63, 3.8) is 0 Å². The van der Waals surface area contributed by atoms with Crippen LogP contribution in [0.1, 0.15) is 25.7 Å². The van der Waals surface area contributed by atoms with E-state index in [9.17, 15) is 10.2 Å². The summed E-state index contributed by atoms with van der Waals surface area (Å²) >= 11 is 0. The maximum Gasteiger partial charge on any atom is 0.138 e. The second-order valence-electron chi connectivity index (χ2n) is 8.62. The van der Waals surface area contributed by atoms with E-state index in [0.29, 0.717) is 12.6 Å². The second kappa shape index (κ2) is 9.51. The SMILES string of the molecule is Oc1cccc(-c2ccc3ncc(-c4cccc(O)c4)c(OCC[C@H]4CCCCN4)c3c2)c1. The van der Waals surface area contributed by atoms with E-state index >= 15 is 0 Å². The summed E-state index contributed by atoms with van der Waals surface area (Å²) in [6.45, 7) is 1.67. The number of ether oxygens (including phenoxy) is 1. The molecular formula is C28H28N2O3. The lowest BCUT2D eigenvalue weighted by atomic mass is 9.99. The van der Waals surface area contributed by atoms with Gasteiger partial charge >= 0.3 is 0 Å². The van der Waals surface area contributed by atoms with Gasteiger partial charge in [0.05, 0.1) is 12.1 Å². The molecule has 3 N–H and O–H groups in total. The quantitative estimate of drug-likeness (QED) is 0.349. The number of benzene rings is 3. The van der Waals surface area contributed by atoms with Crippen molar-refractivity contribution in [2.24, 2.45) is 0 Å². The van der Waals surface area contributed by atoms with Gasteiger partial charge in [-0.3, -0.25) is 4.98 Å². The van der Waals surface area contributed by atoms with E-state index in [0.717, 1.165) is 51.9 Å². The van der Waals surface area contributed by atoms with Crippen LogP contribution in [0, 0.1) is 0 Å². The van der Waals surface area contributed by atoms with Crippen LogP contribution in [0.3, 0.4) is 0 Å². The molecule has 4 aromatic rings. The van der Waals surface area contributed by atoms with Gasteiger partial charge in [-0.25, -0.2) is 0 Å². The first-order chi connectivity index (χ1) is 16.2. The van der Waals surface area contributed by atoms with Gasteiger partial charge in [-0.15, -0.1) is 0 Å². The van der Waals surface area contributed by atoms with Crippen molar-refractivity contribution in [1.82, 2.24) is 10.3 Å². The zero-order chi connectivity index (χ0) is 22.6. The summed E-state index contributed by atoms with van der Waals surface area (Å²) in [7, 11) is 0. The van der Waals surface area contributed by atoms with E-state index in [4.69, 9.17) is 4.74 Å². The van der Waals surface area contributed by atoms with Crippen LogP contribution in [0.4, 0.5) is 0 Å². The Hall–Kier alpha value is -3.57. The first-order valence-electron chi connectivity index (χ1n) is 11.5. The molecule has 1 saturated heterocycles. The Morgan fingerprint density at radius 3 is 2.39 bits per heavy atom. The van der Waals surface area contributed by atoms with E-state index in [-0.39, 0.29) is 11.5 Å². The summed E-state index contributed by atoms with van der Waals surface area (Å²) in [5.41, 5.74) is 4.46. The molecule has 1 fully saturated rings. The molecule has 0 amide bonds. The van der Waals surface area contributed by atoms with Gasteiger partial charge in [-0.1, -0.05) is 36.8 Å². The second-order valence-corrected chi connectivity index (χ2v) is 8.62. The van der Waals surface area contributed by atoms with Crippen LogP contribution in [0.15, 0.2) is 72.9 Å². The lowest BCUT2D eigenvalue weighted by Gasteiger charge is -2.24. The van der Waals surface area contributed by atoms with Crippen LogP contribution in [0.5, 0.6) is 17.2 Å². The topological polar surface area (TPSA) is 74.6 Å². The van der Waals surface area contributed by atoms with Crippen molar-refractivity contribution < 1.29 is 14.9 Å². The van der Waals surface area contributed by atoms with Gasteiger partial charge in [0.25, 0.3) is 0 Å². The fourth-order valence-corrected chi connectivity index (χ4v) is 4.54. The molecule has 5 rings (SSSR count). The van der Waals surface area contributed by atoms with Crippen LogP contribution >= 0.6 is 0 Å². The van der Waals surface area contributed by atoms with Gasteiger partial charge in [-0.2, -0.15) is 0 Å². The number of fused-ring (bicyclic) bond motifs is 1. The predicted molar refractivity (Wildman–Crippen MR) is 132 cm³/mol. The Morgan fingerprint density at radius 1 is 0.879 bits per heavy atom. The highest BCUT2D eigenvalue weighted by Gasteiger charge is 2.16. The molecular weight excluding hydrogens is 412 g/mol. The number of pyridine rings is 1. The van der Waals surface area contributed by atoms with E-state index in [1.807, 2.05) is 42.6 Å². The van der Waals surface area contributed by atoms with Gasteiger partial charge < -0.3 is 20.3 Å². The summed E-state index contributed by atoms with van der Waals surface area (Å²) in [5.74, 6) is 1.21. The highest BCUT2D eigenvalue weighted by molar-refractivity contribution is 5.95. The molecule has 0 unspecified atom stereocenters. The number of aromatic hydroxyl groups is 2. The third-order valence-corrected chi connectivity index (χ3v) is 6.28. The standard InChI is InChI=1S/C28H28N2O3/c31-23-8-3-5-19(15-23)20-10-11-27-25(17-20)28(33-14-12-22-7-1-2-13-29-22)26(18-30-27)21-6-4-9-24(32)16-21/h3-6,8-11,15-18,22,29,31-32H,1-2,7,12-14H2/t22-/m1/s1. The molecule has 0 saturated carbocycles. The van der Waals surface area contributed by atoms with Crippen molar-refractivity contribution in [2.75, 3.05) is 13.2 Å². The third kappa shape index (κ3) is 4.78. The molecule has 0 radical (unpaired) electrons. The van der Waals surface area contributed by atoms with E-state index < -0.39 is 0 Å². The minimum absolute atomic E-state index is 0.207. The Kier molecular flexibility index (Phi) is 6.13. The smallest absolute Gasteiger partial charge is 0.138 e. The molecule has 1 aromatic heterocycles. The average Bonchev–Trinajstić information content (AvgIpc) is 2.84. The number of hydrogen-bond donors (Lipinski definition) is 3. The first-order valence-corrected chi connectivity index (χ1v) is 11.5. The van der Waals surface area contributed by atoms with Crippen LogP contribution in [0.2, 0.25) is 0 Å². The number of phenolic OH excluding ortho intramolecular Hbond substituents is 2. The molecule has 1 atom stereocenters. The molecule has 3 aromatic carbocycles. The molecule has 0 spiro atoms. The highest BCUT2D eigenvalue weighted by Crippen LogP contribution is 2.39. The average molecular weight is 441 g/mol. The molecule has 168 valence electrons. The summed E-state index contributed by atoms with van der Waals surface area (Å²) in [5, 5.41) is 24.5. The van der Waals surface area contributed by atoms with Crippen molar-refractivity contribution in [3.05, 3.63) is 72.9 Å². The van der Waals surface area contributed by atoms with E-state index in [2.05, 4.69) is 16.4 Å². The molecule has 0 aliphatic carbocycles. The zero-order valence-corrected chi connectivity index (χ0v) is 18.5. The van der Waals surface area contributed by atoms with E-state index in [1.54, 1.807) is 24.3 Å². The van der Waals surface area contributed by atoms with Gasteiger partial charge in [0.2, 0.25) is 0 Å². The lowest BCUT2D eigenvalue weighted by molar-refractivity contribution is 0.271. The number of hydrogen-bond acceptors (Lipinski definition) is 5. The fourth-order valence-electron chi connectivity index (χ4n) is 4.54. The van der Waals surface area contributed by atoms with Crippen molar-refractivity contribution in [2.45, 2.75) is 31.7 Å². The third-order valence-electron chi connectivity index (χ3n) is 6.28. The lowest BCUT2D eigenvalue weighted by Crippen LogP contribution is -2.35. The fraction of sp³-hybridized carbons (Fsp3) is 0.250. The van der Waals surface area contributed by atoms with Gasteiger partial charge in [0, 0.05) is 23.2 Å². The minimum atomic E-state index is 0.207. The molecule has 5 nitrogen and oxygen atoms in total. The van der Waals surface area contributed by atoms with Gasteiger partial charge in [0.15, 0.2) is 0 Å². The normalized spacial score (nSPS) is 16.1. The Bertz CT molecular complexity index is 1260. The van der Waals surface area contributed by atoms with Crippen LogP contribution in [0.25, 0.3) is 33.2 Å². The Balaban J connectivity index is 1.56. The predicted octanol–water partition coefficient (Wildman–Crippen LogP) is 5.89. The minimum Gasteiger partial charge on any atom is -0.508 e. The Morgan fingerprint density at radius 2 is 1.64 bits per heavy atom. The largest absolute Gasteiger partial charge is 0.508 e. The van der Waals surface area contributed by atoms with Crippen molar-refractivity contribution in [3.8, 4) is 39.5 Å². The van der Waals surface area contributed by atoms with E-state index in [1.165, 1.54) is 19.3 Å². The molecule has 1 aliphatic heterocycles. The number of nitrogens with zero attached hydrogens (tertiary/aromatic N) is 1. The summed E-state index contributed by atoms with van der Waals surface area (Å²) in [4.78, 5) is 4.67. The van der Waals surface area contributed by atoms with Crippen LogP contribution in [-0.4, -0.2) is 34.4 Å². The highest BCUT2D eigenvalue weighted by atomic mass is 16.5. The molecule has 0 bridgehead atoms. The Labute approximate surface area is 193 Å². The zero-order valence-electron chi connectivity index (χ0n) is 18.5. The summed E-state index contributed by atoms with van der Waals surface area (Å²) in [6.07, 6.45) is 6.44. The molecule has 5 heteroatoms.